The lowest BCUT2D eigenvalue weighted by molar-refractivity contribution is -0.151. The second kappa shape index (κ2) is 6.84. The van der Waals surface area contributed by atoms with Crippen LogP contribution in [0.25, 0.3) is 0 Å². The molecule has 0 unspecified atom stereocenters. The standard InChI is InChI=1S/C20H23ClFNO3/c21-16-2-1-3-17(22)15(16)11-26-18(24)10-23-19(25)20-7-12-4-13(8-20)6-14(5-12)9-20/h1-3,12-14H,4-11H2,(H,23,25). The highest BCUT2D eigenvalue weighted by atomic mass is 35.5. The van der Waals surface area contributed by atoms with Crippen LogP contribution in [0.3, 0.4) is 0 Å². The number of rotatable bonds is 5. The van der Waals surface area contributed by atoms with Crippen molar-refractivity contribution < 1.29 is 18.7 Å². The summed E-state index contributed by atoms with van der Waals surface area (Å²) < 4.78 is 18.8. The van der Waals surface area contributed by atoms with E-state index in [1.165, 1.54) is 31.4 Å². The van der Waals surface area contributed by atoms with Crippen LogP contribution in [0.1, 0.15) is 44.1 Å². The number of hydrogen-bond acceptors (Lipinski definition) is 3. The van der Waals surface area contributed by atoms with Gasteiger partial charge in [0.2, 0.25) is 5.91 Å². The molecule has 4 saturated carbocycles. The minimum absolute atomic E-state index is 0.0162. The van der Waals surface area contributed by atoms with E-state index in [1.807, 2.05) is 0 Å². The molecule has 0 aliphatic heterocycles. The molecule has 140 valence electrons. The number of halogens is 2. The Balaban J connectivity index is 1.30. The molecule has 0 heterocycles. The maximum Gasteiger partial charge on any atom is 0.325 e. The Kier molecular flexibility index (Phi) is 4.68. The summed E-state index contributed by atoms with van der Waals surface area (Å²) in [5.74, 6) is 0.897. The third kappa shape index (κ3) is 3.34. The van der Waals surface area contributed by atoms with Crippen molar-refractivity contribution >= 4 is 23.5 Å². The molecule has 4 aliphatic rings. The van der Waals surface area contributed by atoms with E-state index in [2.05, 4.69) is 5.32 Å². The van der Waals surface area contributed by atoms with Crippen molar-refractivity contribution in [1.82, 2.24) is 5.32 Å². The molecule has 0 saturated heterocycles. The first kappa shape index (κ1) is 17.8. The first-order valence-corrected chi connectivity index (χ1v) is 9.70. The zero-order valence-corrected chi connectivity index (χ0v) is 15.4. The number of carbonyl (C=O) groups is 2. The minimum atomic E-state index is -0.581. The molecule has 1 aromatic carbocycles. The number of amides is 1. The minimum Gasteiger partial charge on any atom is -0.459 e. The van der Waals surface area contributed by atoms with Crippen LogP contribution in [0.4, 0.5) is 4.39 Å². The molecule has 0 spiro atoms. The fourth-order valence-electron chi connectivity index (χ4n) is 5.60. The number of nitrogens with one attached hydrogen (secondary N) is 1. The third-order valence-corrected chi connectivity index (χ3v) is 6.71. The molecule has 5 rings (SSSR count). The lowest BCUT2D eigenvalue weighted by Crippen LogP contribution is -2.54. The Hall–Kier alpha value is -1.62. The van der Waals surface area contributed by atoms with Crippen molar-refractivity contribution in [2.45, 2.75) is 45.1 Å². The Morgan fingerprint density at radius 2 is 1.77 bits per heavy atom. The number of esters is 1. The van der Waals surface area contributed by atoms with Crippen LogP contribution >= 0.6 is 11.6 Å². The summed E-state index contributed by atoms with van der Waals surface area (Å²) in [6, 6.07) is 4.31. The van der Waals surface area contributed by atoms with Crippen molar-refractivity contribution in [1.29, 1.82) is 0 Å². The van der Waals surface area contributed by atoms with Gasteiger partial charge in [0.1, 0.15) is 19.0 Å². The first-order valence-electron chi connectivity index (χ1n) is 9.32. The Bertz CT molecular complexity index is 680. The summed E-state index contributed by atoms with van der Waals surface area (Å²) >= 11 is 5.92. The maximum absolute atomic E-state index is 13.7. The number of benzene rings is 1. The molecule has 4 aliphatic carbocycles. The van der Waals surface area contributed by atoms with Gasteiger partial charge in [-0.05, 0) is 68.4 Å². The molecule has 4 nitrogen and oxygen atoms in total. The van der Waals surface area contributed by atoms with Gasteiger partial charge in [0, 0.05) is 11.0 Å². The summed E-state index contributed by atoms with van der Waals surface area (Å²) in [5.41, 5.74) is -0.140. The van der Waals surface area contributed by atoms with Crippen LogP contribution in [-0.4, -0.2) is 18.4 Å². The topological polar surface area (TPSA) is 55.4 Å². The predicted molar refractivity (Wildman–Crippen MR) is 94.8 cm³/mol. The fraction of sp³-hybridized carbons (Fsp3) is 0.600. The van der Waals surface area contributed by atoms with Crippen LogP contribution < -0.4 is 5.32 Å². The largest absolute Gasteiger partial charge is 0.459 e. The molecule has 4 fully saturated rings. The second-order valence-electron chi connectivity index (χ2n) is 8.24. The van der Waals surface area contributed by atoms with E-state index >= 15 is 0 Å². The van der Waals surface area contributed by atoms with Crippen LogP contribution in [0.15, 0.2) is 18.2 Å². The van der Waals surface area contributed by atoms with Gasteiger partial charge in [-0.25, -0.2) is 4.39 Å². The highest BCUT2D eigenvalue weighted by Crippen LogP contribution is 2.60. The zero-order valence-electron chi connectivity index (χ0n) is 14.6. The first-order chi connectivity index (χ1) is 12.4. The van der Waals surface area contributed by atoms with Crippen LogP contribution in [0.5, 0.6) is 0 Å². The number of carbonyl (C=O) groups excluding carboxylic acids is 2. The van der Waals surface area contributed by atoms with Gasteiger partial charge in [-0.3, -0.25) is 9.59 Å². The van der Waals surface area contributed by atoms with Gasteiger partial charge in [-0.15, -0.1) is 0 Å². The van der Waals surface area contributed by atoms with Crippen molar-refractivity contribution in [2.24, 2.45) is 23.2 Å². The monoisotopic (exact) mass is 379 g/mol. The van der Waals surface area contributed by atoms with E-state index in [4.69, 9.17) is 16.3 Å². The predicted octanol–water partition coefficient (Wildman–Crippen LogP) is 3.85. The highest BCUT2D eigenvalue weighted by molar-refractivity contribution is 6.31. The number of ether oxygens (including phenoxy) is 1. The molecule has 1 aromatic rings. The van der Waals surface area contributed by atoms with Crippen LogP contribution in [0.2, 0.25) is 5.02 Å². The van der Waals surface area contributed by atoms with E-state index < -0.39 is 11.8 Å². The second-order valence-corrected chi connectivity index (χ2v) is 8.65. The van der Waals surface area contributed by atoms with Gasteiger partial charge in [-0.2, -0.15) is 0 Å². The average molecular weight is 380 g/mol. The molecule has 0 atom stereocenters. The van der Waals surface area contributed by atoms with Gasteiger partial charge in [0.25, 0.3) is 0 Å². The SMILES string of the molecule is O=C(CNC(=O)C12CC3CC(CC(C3)C1)C2)OCc1c(F)cccc1Cl. The van der Waals surface area contributed by atoms with Gasteiger partial charge < -0.3 is 10.1 Å². The van der Waals surface area contributed by atoms with E-state index in [-0.39, 0.29) is 35.1 Å². The van der Waals surface area contributed by atoms with Gasteiger partial charge >= 0.3 is 5.97 Å². The Labute approximate surface area is 157 Å². The molecule has 4 bridgehead atoms. The summed E-state index contributed by atoms with van der Waals surface area (Å²) in [5, 5.41) is 2.98. The molecule has 1 N–H and O–H groups in total. The van der Waals surface area contributed by atoms with Gasteiger partial charge in [-0.1, -0.05) is 17.7 Å². The normalized spacial score (nSPS) is 31.7. The van der Waals surface area contributed by atoms with Gasteiger partial charge in [0.05, 0.1) is 5.02 Å². The molecule has 0 aromatic heterocycles. The van der Waals surface area contributed by atoms with E-state index in [0.717, 1.165) is 19.3 Å². The molecular formula is C20H23ClFNO3. The zero-order chi connectivity index (χ0) is 18.3. The van der Waals surface area contributed by atoms with Crippen molar-refractivity contribution in [3.63, 3.8) is 0 Å². The summed E-state index contributed by atoms with van der Waals surface area (Å²) in [6.45, 7) is -0.426. The van der Waals surface area contributed by atoms with Crippen molar-refractivity contribution in [2.75, 3.05) is 6.54 Å². The molecule has 6 heteroatoms. The van der Waals surface area contributed by atoms with Crippen molar-refractivity contribution in [3.05, 3.63) is 34.6 Å². The molecule has 0 radical (unpaired) electrons. The van der Waals surface area contributed by atoms with Crippen LogP contribution in [-0.2, 0) is 20.9 Å². The quantitative estimate of drug-likeness (QED) is 0.790. The van der Waals surface area contributed by atoms with Gasteiger partial charge in [0.15, 0.2) is 0 Å². The van der Waals surface area contributed by atoms with Crippen molar-refractivity contribution in [3.8, 4) is 0 Å². The molecule has 26 heavy (non-hydrogen) atoms. The number of hydrogen-bond donors (Lipinski definition) is 1. The molecule has 1 amide bonds. The smallest absolute Gasteiger partial charge is 0.325 e. The lowest BCUT2D eigenvalue weighted by Gasteiger charge is -2.55. The fourth-order valence-corrected chi connectivity index (χ4v) is 5.82. The maximum atomic E-state index is 13.7. The van der Waals surface area contributed by atoms with E-state index in [0.29, 0.717) is 17.8 Å². The summed E-state index contributed by atoms with van der Waals surface area (Å²) in [7, 11) is 0. The lowest BCUT2D eigenvalue weighted by atomic mass is 9.49. The average Bonchev–Trinajstić information content (AvgIpc) is 2.58. The summed E-state index contributed by atoms with van der Waals surface area (Å²) in [4.78, 5) is 24.8. The van der Waals surface area contributed by atoms with Crippen LogP contribution in [0, 0.1) is 29.0 Å². The van der Waals surface area contributed by atoms with E-state index in [1.54, 1.807) is 6.07 Å². The highest BCUT2D eigenvalue weighted by Gasteiger charge is 2.54. The Morgan fingerprint density at radius 3 is 2.35 bits per heavy atom. The third-order valence-electron chi connectivity index (χ3n) is 6.35. The molecular weight excluding hydrogens is 357 g/mol. The summed E-state index contributed by atoms with van der Waals surface area (Å²) in [6.07, 6.45) is 6.63. The Morgan fingerprint density at radius 1 is 1.15 bits per heavy atom. The van der Waals surface area contributed by atoms with E-state index in [9.17, 15) is 14.0 Å².